The number of nitrogens with two attached hydrogens (primary N) is 1. The molecule has 0 aromatic carbocycles. The molecule has 0 spiro atoms. The molecule has 0 bridgehead atoms. The highest BCUT2D eigenvalue weighted by Gasteiger charge is 2.57. The molecule has 31 heavy (non-hydrogen) atoms. The molecule has 1 aliphatic rings. The van der Waals surface area contributed by atoms with Crippen LogP contribution in [0.5, 0.6) is 0 Å². The first kappa shape index (κ1) is 24.1. The predicted molar refractivity (Wildman–Crippen MR) is 99.2 cm³/mol. The van der Waals surface area contributed by atoms with Crippen LogP contribution in [-0.4, -0.2) is 74.3 Å². The van der Waals surface area contributed by atoms with Gasteiger partial charge in [0.2, 0.25) is 12.7 Å². The number of nitrogens with zero attached hydrogens (tertiary/aromatic N) is 3. The molecular formula is C16H18F2N4O8S. The van der Waals surface area contributed by atoms with Gasteiger partial charge in [0.1, 0.15) is 5.69 Å². The normalized spacial score (nSPS) is 19.1. The number of alkyl halides is 2. The maximum absolute atomic E-state index is 12.8. The van der Waals surface area contributed by atoms with Gasteiger partial charge in [-0.3, -0.25) is 9.59 Å². The fraction of sp³-hybridized carbons (Fsp3) is 0.500. The molecule has 0 aliphatic carbocycles. The molecule has 4 N–H and O–H groups in total. The van der Waals surface area contributed by atoms with Gasteiger partial charge in [0.15, 0.2) is 16.6 Å². The first-order chi connectivity index (χ1) is 14.4. The number of oxime groups is 1. The third-order valence-electron chi connectivity index (χ3n) is 4.33. The number of thiazole rings is 1. The molecule has 1 unspecified atom stereocenters. The molecule has 12 nitrogen and oxygen atoms in total. The van der Waals surface area contributed by atoms with E-state index < -0.39 is 60.6 Å². The van der Waals surface area contributed by atoms with E-state index in [2.05, 4.69) is 19.8 Å². The monoisotopic (exact) mass is 464 g/mol. The van der Waals surface area contributed by atoms with Gasteiger partial charge in [-0.2, -0.15) is 0 Å². The molecule has 15 heteroatoms. The smallest absolute Gasteiger partial charge is 0.344 e. The van der Waals surface area contributed by atoms with Crippen molar-refractivity contribution in [2.24, 2.45) is 11.1 Å². The Morgan fingerprint density at radius 1 is 1.39 bits per heavy atom. The zero-order valence-electron chi connectivity index (χ0n) is 16.2. The number of carboxylic acids is 2. The van der Waals surface area contributed by atoms with Gasteiger partial charge in [-0.25, -0.2) is 33.3 Å². The Hall–Kier alpha value is -3.20. The van der Waals surface area contributed by atoms with E-state index in [9.17, 15) is 28.0 Å². The zero-order chi connectivity index (χ0) is 23.5. The molecule has 0 radical (unpaired) electrons. The number of rotatable bonds is 11. The highest BCUT2D eigenvalue weighted by molar-refractivity contribution is 7.13. The zero-order valence-corrected chi connectivity index (χ0v) is 17.0. The number of Topliss-reactive ketones (excluding diaryl/α,β-unsaturated/α-hetero) is 1. The third kappa shape index (κ3) is 5.29. The molecule has 1 aliphatic heterocycles. The van der Waals surface area contributed by atoms with E-state index in [-0.39, 0.29) is 16.5 Å². The number of aliphatic carboxylic acids is 2. The highest BCUT2D eigenvalue weighted by Crippen LogP contribution is 2.41. The van der Waals surface area contributed by atoms with Crippen molar-refractivity contribution < 1.29 is 47.8 Å². The Morgan fingerprint density at radius 3 is 2.48 bits per heavy atom. The first-order valence-corrected chi connectivity index (χ1v) is 9.42. The quantitative estimate of drug-likeness (QED) is 0.235. The van der Waals surface area contributed by atoms with Crippen LogP contribution < -0.4 is 5.73 Å². The Morgan fingerprint density at radius 2 is 2.03 bits per heavy atom. The second-order valence-corrected chi connectivity index (χ2v) is 7.73. The number of β-lactam (4-membered cyclic amide) rings is 1. The molecule has 0 saturated carbocycles. The van der Waals surface area contributed by atoms with E-state index in [0.717, 1.165) is 11.3 Å². The number of carbonyl (C=O) groups is 4. The predicted octanol–water partition coefficient (Wildman–Crippen LogP) is 0.377. The second-order valence-electron chi connectivity index (χ2n) is 6.84. The average molecular weight is 464 g/mol. The number of amides is 1. The number of hydrogen-bond acceptors (Lipinski definition) is 10. The molecule has 2 heterocycles. The summed E-state index contributed by atoms with van der Waals surface area (Å²) in [6.45, 7) is 1.96. The lowest BCUT2D eigenvalue weighted by Gasteiger charge is -2.52. The molecular weight excluding hydrogens is 446 g/mol. The van der Waals surface area contributed by atoms with Gasteiger partial charge >= 0.3 is 11.9 Å². The SMILES string of the molecule is CC1(C)[C@H](CC(=O)/C(=N\OCC(=O)O)c2csc(N)n2)C(=O)N1OC(C(=O)O)C(F)F. The summed E-state index contributed by atoms with van der Waals surface area (Å²) < 4.78 is 25.7. The van der Waals surface area contributed by atoms with Crippen molar-refractivity contribution in [1.29, 1.82) is 0 Å². The van der Waals surface area contributed by atoms with Crippen LogP contribution in [0.2, 0.25) is 0 Å². The second kappa shape index (κ2) is 9.30. The van der Waals surface area contributed by atoms with Crippen molar-refractivity contribution in [1.82, 2.24) is 10.0 Å². The van der Waals surface area contributed by atoms with Crippen molar-refractivity contribution in [2.75, 3.05) is 12.3 Å². The summed E-state index contributed by atoms with van der Waals surface area (Å²) in [5.74, 6) is -6.00. The Bertz CT molecular complexity index is 919. The summed E-state index contributed by atoms with van der Waals surface area (Å²) in [4.78, 5) is 59.8. The summed E-state index contributed by atoms with van der Waals surface area (Å²) in [5, 5.41) is 22.9. The third-order valence-corrected chi connectivity index (χ3v) is 5.00. The fourth-order valence-electron chi connectivity index (χ4n) is 2.71. The largest absolute Gasteiger partial charge is 0.479 e. The molecule has 1 aromatic heterocycles. The van der Waals surface area contributed by atoms with E-state index in [1.165, 1.54) is 19.2 Å². The standard InChI is InChI=1S/C16H18F2N4O8S/c1-16(2)6(13(26)22(16)30-11(12(17)18)14(27)28)3-8(23)10(21-29-4-9(24)25)7-5-31-15(19)20-7/h5-6,11-12H,3-4H2,1-2H3,(H2,19,20)(H,24,25)(H,27,28)/b21-10-/t6-,11?/m1/s1. The van der Waals surface area contributed by atoms with E-state index in [1.807, 2.05) is 0 Å². The van der Waals surface area contributed by atoms with Crippen LogP contribution in [0.1, 0.15) is 26.0 Å². The van der Waals surface area contributed by atoms with Crippen molar-refractivity contribution in [3.05, 3.63) is 11.1 Å². The Kier molecular flexibility index (Phi) is 7.22. The van der Waals surface area contributed by atoms with E-state index >= 15 is 0 Å². The van der Waals surface area contributed by atoms with Gasteiger partial charge in [0.05, 0.1) is 11.5 Å². The number of carbonyl (C=O) groups excluding carboxylic acids is 2. The molecule has 1 saturated heterocycles. The summed E-state index contributed by atoms with van der Waals surface area (Å²) in [6.07, 6.45) is -6.42. The van der Waals surface area contributed by atoms with E-state index in [1.54, 1.807) is 0 Å². The number of halogens is 2. The van der Waals surface area contributed by atoms with Gasteiger partial charge < -0.3 is 20.8 Å². The van der Waals surface area contributed by atoms with Gasteiger partial charge in [-0.1, -0.05) is 5.16 Å². The summed E-state index contributed by atoms with van der Waals surface area (Å²) in [5.41, 5.74) is 3.85. The summed E-state index contributed by atoms with van der Waals surface area (Å²) >= 11 is 0.981. The van der Waals surface area contributed by atoms with Crippen LogP contribution in [0.4, 0.5) is 13.9 Å². The maximum atomic E-state index is 12.8. The van der Waals surface area contributed by atoms with E-state index in [4.69, 9.17) is 15.9 Å². The summed E-state index contributed by atoms with van der Waals surface area (Å²) in [6, 6.07) is 0. The fourth-order valence-corrected chi connectivity index (χ4v) is 3.26. The maximum Gasteiger partial charge on any atom is 0.344 e. The number of anilines is 1. The minimum absolute atomic E-state index is 0.000727. The Labute approximate surface area is 177 Å². The minimum Gasteiger partial charge on any atom is -0.479 e. The van der Waals surface area contributed by atoms with Crippen molar-refractivity contribution >= 4 is 45.8 Å². The molecule has 1 aromatic rings. The van der Waals surface area contributed by atoms with Crippen LogP contribution in [0.3, 0.4) is 0 Å². The van der Waals surface area contributed by atoms with Crippen molar-refractivity contribution in [3.63, 3.8) is 0 Å². The number of nitrogen functional groups attached to an aromatic ring is 1. The van der Waals surface area contributed by atoms with Gasteiger partial charge in [0.25, 0.3) is 12.3 Å². The van der Waals surface area contributed by atoms with Gasteiger partial charge in [0, 0.05) is 11.8 Å². The molecule has 1 amide bonds. The van der Waals surface area contributed by atoms with Crippen LogP contribution >= 0.6 is 11.3 Å². The molecule has 170 valence electrons. The first-order valence-electron chi connectivity index (χ1n) is 8.54. The van der Waals surface area contributed by atoms with Crippen LogP contribution in [0, 0.1) is 5.92 Å². The van der Waals surface area contributed by atoms with Crippen LogP contribution in [0.15, 0.2) is 10.5 Å². The van der Waals surface area contributed by atoms with Crippen molar-refractivity contribution in [2.45, 2.75) is 38.3 Å². The number of hydrogen-bond donors (Lipinski definition) is 3. The van der Waals surface area contributed by atoms with Gasteiger partial charge in [-0.05, 0) is 13.8 Å². The summed E-state index contributed by atoms with van der Waals surface area (Å²) in [7, 11) is 0. The lowest BCUT2D eigenvalue weighted by Crippen LogP contribution is -2.69. The highest BCUT2D eigenvalue weighted by atomic mass is 32.1. The lowest BCUT2D eigenvalue weighted by molar-refractivity contribution is -0.296. The molecule has 2 atom stereocenters. The van der Waals surface area contributed by atoms with Crippen molar-refractivity contribution in [3.8, 4) is 0 Å². The number of hydroxylamine groups is 2. The van der Waals surface area contributed by atoms with Gasteiger partial charge in [-0.15, -0.1) is 11.3 Å². The number of carboxylic acid groups (broad SMARTS) is 2. The number of ketones is 1. The molecule has 1 fully saturated rings. The lowest BCUT2D eigenvalue weighted by atomic mass is 9.74. The average Bonchev–Trinajstić information content (AvgIpc) is 3.08. The van der Waals surface area contributed by atoms with E-state index in [0.29, 0.717) is 5.06 Å². The number of aromatic nitrogens is 1. The van der Waals surface area contributed by atoms with Crippen LogP contribution in [-0.2, 0) is 28.9 Å². The van der Waals surface area contributed by atoms with Crippen LogP contribution in [0.25, 0.3) is 0 Å². The molecule has 2 rings (SSSR count). The minimum atomic E-state index is -3.39. The topological polar surface area (TPSA) is 182 Å². The Balaban J connectivity index is 2.17.